The van der Waals surface area contributed by atoms with E-state index >= 15 is 0 Å². The summed E-state index contributed by atoms with van der Waals surface area (Å²) < 4.78 is 22.0. The van der Waals surface area contributed by atoms with Crippen LogP contribution >= 0.6 is 11.3 Å². The van der Waals surface area contributed by atoms with E-state index in [1.165, 1.54) is 0 Å². The monoisotopic (exact) mass is 249 g/mol. The quantitative estimate of drug-likeness (QED) is 0.816. The number of hydrogen-bond donors (Lipinski definition) is 1. The molecule has 1 heterocycles. The van der Waals surface area contributed by atoms with Crippen LogP contribution in [0.4, 0.5) is 0 Å². The van der Waals surface area contributed by atoms with E-state index in [4.69, 9.17) is 0 Å². The molecule has 15 heavy (non-hydrogen) atoms. The third-order valence-electron chi connectivity index (χ3n) is 1.45. The zero-order chi connectivity index (χ0) is 11.5. The molecule has 0 aliphatic carbocycles. The first kappa shape index (κ1) is 12.1. The molecular formula is C7H11N3O3S2. The summed E-state index contributed by atoms with van der Waals surface area (Å²) in [6.45, 7) is 2.45. The fraction of sp³-hybridized carbons (Fsp3) is 0.571. The van der Waals surface area contributed by atoms with Crippen LogP contribution in [-0.2, 0) is 9.84 Å². The third-order valence-corrected chi connectivity index (χ3v) is 4.04. The fourth-order valence-electron chi connectivity index (χ4n) is 0.766. The van der Waals surface area contributed by atoms with E-state index in [2.05, 4.69) is 15.5 Å². The Morgan fingerprint density at radius 3 is 2.60 bits per heavy atom. The summed E-state index contributed by atoms with van der Waals surface area (Å²) in [7, 11) is -3.37. The van der Waals surface area contributed by atoms with Crippen LogP contribution in [0.15, 0.2) is 4.34 Å². The Morgan fingerprint density at radius 1 is 1.47 bits per heavy atom. The number of nitrogens with one attached hydrogen (secondary N) is 1. The molecule has 1 rings (SSSR count). The molecule has 6 nitrogen and oxygen atoms in total. The molecule has 1 aromatic heterocycles. The van der Waals surface area contributed by atoms with Crippen LogP contribution in [0.1, 0.15) is 23.1 Å². The van der Waals surface area contributed by atoms with Crippen LogP contribution in [0.3, 0.4) is 0 Å². The van der Waals surface area contributed by atoms with Gasteiger partial charge < -0.3 is 5.32 Å². The smallest absolute Gasteiger partial charge is 0.282 e. The molecule has 0 radical (unpaired) electrons. The van der Waals surface area contributed by atoms with Crippen molar-refractivity contribution in [2.45, 2.75) is 17.7 Å². The number of rotatable bonds is 4. The number of carbonyl (C=O) groups excluding carboxylic acids is 1. The number of carbonyl (C=O) groups is 1. The Balaban J connectivity index is 2.81. The molecule has 0 fully saturated rings. The number of hydrogen-bond acceptors (Lipinski definition) is 6. The highest BCUT2D eigenvalue weighted by Crippen LogP contribution is 2.14. The Hall–Kier alpha value is -1.02. The van der Waals surface area contributed by atoms with E-state index < -0.39 is 9.84 Å². The second-order valence-electron chi connectivity index (χ2n) is 2.90. The number of nitrogens with zero attached hydrogens (tertiary/aromatic N) is 2. The largest absolute Gasteiger partial charge is 0.350 e. The van der Waals surface area contributed by atoms with Gasteiger partial charge in [-0.1, -0.05) is 18.3 Å². The predicted octanol–water partition coefficient (Wildman–Crippen LogP) is 0.0814. The molecule has 0 spiro atoms. The second-order valence-corrected chi connectivity index (χ2v) is 6.07. The van der Waals surface area contributed by atoms with Gasteiger partial charge in [-0.25, -0.2) is 8.42 Å². The lowest BCUT2D eigenvalue weighted by atomic mass is 10.5. The molecule has 1 N–H and O–H groups in total. The lowest BCUT2D eigenvalue weighted by molar-refractivity contribution is 0.0952. The van der Waals surface area contributed by atoms with Gasteiger partial charge in [0.25, 0.3) is 5.91 Å². The van der Waals surface area contributed by atoms with Crippen molar-refractivity contribution in [1.29, 1.82) is 0 Å². The van der Waals surface area contributed by atoms with Gasteiger partial charge in [0.15, 0.2) is 0 Å². The van der Waals surface area contributed by atoms with E-state index in [1.54, 1.807) is 0 Å². The van der Waals surface area contributed by atoms with Gasteiger partial charge in [-0.05, 0) is 6.42 Å². The number of amides is 1. The van der Waals surface area contributed by atoms with Crippen molar-refractivity contribution in [2.24, 2.45) is 0 Å². The van der Waals surface area contributed by atoms with Gasteiger partial charge in [-0.15, -0.1) is 10.2 Å². The van der Waals surface area contributed by atoms with Crippen molar-refractivity contribution >= 4 is 27.1 Å². The fourth-order valence-corrected chi connectivity index (χ4v) is 2.29. The lowest BCUT2D eigenvalue weighted by Crippen LogP contribution is -2.23. The van der Waals surface area contributed by atoms with E-state index in [-0.39, 0.29) is 15.3 Å². The van der Waals surface area contributed by atoms with E-state index in [0.717, 1.165) is 24.0 Å². The minimum absolute atomic E-state index is 0.0730. The minimum atomic E-state index is -3.37. The van der Waals surface area contributed by atoms with Crippen LogP contribution in [-0.4, -0.2) is 37.3 Å². The number of aromatic nitrogens is 2. The van der Waals surface area contributed by atoms with Crippen LogP contribution in [0.5, 0.6) is 0 Å². The van der Waals surface area contributed by atoms with E-state index in [1.807, 2.05) is 6.92 Å². The highest BCUT2D eigenvalue weighted by molar-refractivity contribution is 7.92. The first-order valence-corrected chi connectivity index (χ1v) is 6.97. The third kappa shape index (κ3) is 3.24. The van der Waals surface area contributed by atoms with Gasteiger partial charge >= 0.3 is 0 Å². The molecule has 0 aliphatic rings. The van der Waals surface area contributed by atoms with Crippen LogP contribution < -0.4 is 5.32 Å². The zero-order valence-electron chi connectivity index (χ0n) is 8.35. The maximum atomic E-state index is 11.3. The molecule has 0 aromatic carbocycles. The standard InChI is InChI=1S/C7H11N3O3S2/c1-3-4-8-5(11)6-9-10-7(14-6)15(2,12)13/h3-4H2,1-2H3,(H,8,11). The van der Waals surface area contributed by atoms with Gasteiger partial charge in [-0.2, -0.15) is 0 Å². The van der Waals surface area contributed by atoms with Crippen molar-refractivity contribution < 1.29 is 13.2 Å². The molecule has 0 saturated heterocycles. The molecular weight excluding hydrogens is 238 g/mol. The Kier molecular flexibility index (Phi) is 3.75. The maximum Gasteiger partial charge on any atom is 0.282 e. The Morgan fingerprint density at radius 2 is 2.13 bits per heavy atom. The van der Waals surface area contributed by atoms with Crippen molar-refractivity contribution in [3.05, 3.63) is 5.01 Å². The second kappa shape index (κ2) is 4.67. The summed E-state index contributed by atoms with van der Waals surface area (Å²) >= 11 is 0.776. The Labute approximate surface area is 91.6 Å². The summed E-state index contributed by atoms with van der Waals surface area (Å²) in [5, 5.41) is 9.61. The predicted molar refractivity (Wildman–Crippen MR) is 55.6 cm³/mol. The van der Waals surface area contributed by atoms with Crippen LogP contribution in [0.2, 0.25) is 0 Å². The minimum Gasteiger partial charge on any atom is -0.350 e. The summed E-state index contributed by atoms with van der Waals surface area (Å²) in [4.78, 5) is 11.3. The van der Waals surface area contributed by atoms with Gasteiger partial charge in [0.1, 0.15) is 0 Å². The van der Waals surface area contributed by atoms with Crippen molar-refractivity contribution in [3.63, 3.8) is 0 Å². The molecule has 0 unspecified atom stereocenters. The Bertz CT molecular complexity index is 452. The lowest BCUT2D eigenvalue weighted by Gasteiger charge is -1.97. The maximum absolute atomic E-state index is 11.3. The molecule has 84 valence electrons. The van der Waals surface area contributed by atoms with E-state index in [9.17, 15) is 13.2 Å². The van der Waals surface area contributed by atoms with Gasteiger partial charge in [0, 0.05) is 12.8 Å². The van der Waals surface area contributed by atoms with Crippen molar-refractivity contribution in [2.75, 3.05) is 12.8 Å². The number of sulfone groups is 1. The highest BCUT2D eigenvalue weighted by Gasteiger charge is 2.18. The first-order valence-electron chi connectivity index (χ1n) is 4.27. The summed E-state index contributed by atoms with van der Waals surface area (Å²) in [6.07, 6.45) is 1.84. The topological polar surface area (TPSA) is 89.0 Å². The normalized spacial score (nSPS) is 11.3. The van der Waals surface area contributed by atoms with Crippen LogP contribution in [0.25, 0.3) is 0 Å². The van der Waals surface area contributed by atoms with Crippen molar-refractivity contribution in [1.82, 2.24) is 15.5 Å². The highest BCUT2D eigenvalue weighted by atomic mass is 32.2. The van der Waals surface area contributed by atoms with Crippen molar-refractivity contribution in [3.8, 4) is 0 Å². The summed E-state index contributed by atoms with van der Waals surface area (Å²) in [5.41, 5.74) is 0. The molecule has 0 saturated carbocycles. The molecule has 1 amide bonds. The molecule has 0 bridgehead atoms. The van der Waals surface area contributed by atoms with Crippen LogP contribution in [0, 0.1) is 0 Å². The molecule has 0 atom stereocenters. The average molecular weight is 249 g/mol. The average Bonchev–Trinajstić information content (AvgIpc) is 2.62. The van der Waals surface area contributed by atoms with Gasteiger partial charge in [0.2, 0.25) is 19.2 Å². The molecule has 1 aromatic rings. The molecule has 8 heteroatoms. The SMILES string of the molecule is CCCNC(=O)c1nnc(S(C)(=O)=O)s1. The van der Waals surface area contributed by atoms with Gasteiger partial charge in [-0.3, -0.25) is 4.79 Å². The first-order chi connectivity index (χ1) is 6.95. The molecule has 0 aliphatic heterocycles. The summed E-state index contributed by atoms with van der Waals surface area (Å²) in [6, 6.07) is 0. The summed E-state index contributed by atoms with van der Waals surface area (Å²) in [5.74, 6) is -0.385. The van der Waals surface area contributed by atoms with E-state index in [0.29, 0.717) is 6.54 Å². The van der Waals surface area contributed by atoms with Gasteiger partial charge in [0.05, 0.1) is 0 Å². The zero-order valence-corrected chi connectivity index (χ0v) is 9.98.